The fourth-order valence-corrected chi connectivity index (χ4v) is 0.929. The van der Waals surface area contributed by atoms with Gasteiger partial charge in [-0.15, -0.1) is 0 Å². The standard InChI is InChI=1S/C4H5NO2S/c6-3-5-2-1-4(7)8-5/h1-2,6H,3H2. The third-order valence-electron chi connectivity index (χ3n) is 0.723. The minimum absolute atomic E-state index is 0.0287. The van der Waals surface area contributed by atoms with Crippen LogP contribution in [0.25, 0.3) is 0 Å². The SMILES string of the molecule is O=c1ccn(CO)s1. The topological polar surface area (TPSA) is 42.2 Å². The Balaban J connectivity index is 3.01. The first-order valence-electron chi connectivity index (χ1n) is 2.10. The van der Waals surface area contributed by atoms with Crippen LogP contribution in [0.1, 0.15) is 0 Å². The van der Waals surface area contributed by atoms with Crippen molar-refractivity contribution < 1.29 is 5.11 Å². The molecule has 0 aliphatic rings. The van der Waals surface area contributed by atoms with E-state index in [0.717, 1.165) is 11.5 Å². The van der Waals surface area contributed by atoms with E-state index in [0.29, 0.717) is 0 Å². The van der Waals surface area contributed by atoms with Crippen molar-refractivity contribution >= 4 is 11.5 Å². The lowest BCUT2D eigenvalue weighted by atomic mass is 10.8. The third kappa shape index (κ3) is 0.962. The first kappa shape index (κ1) is 5.53. The predicted octanol–water partition coefficient (Wildman–Crippen LogP) is -0.140. The zero-order valence-corrected chi connectivity index (χ0v) is 4.89. The van der Waals surface area contributed by atoms with E-state index in [9.17, 15) is 4.79 Å². The fourth-order valence-electron chi connectivity index (χ4n) is 0.396. The number of aliphatic hydroxyl groups excluding tert-OH is 1. The summed E-state index contributed by atoms with van der Waals surface area (Å²) in [5, 5.41) is 8.39. The first-order valence-corrected chi connectivity index (χ1v) is 2.88. The van der Waals surface area contributed by atoms with Gasteiger partial charge in [-0.3, -0.25) is 8.75 Å². The van der Waals surface area contributed by atoms with E-state index < -0.39 is 0 Å². The largest absolute Gasteiger partial charge is 0.375 e. The summed E-state index contributed by atoms with van der Waals surface area (Å²) in [7, 11) is 0. The lowest BCUT2D eigenvalue weighted by Gasteiger charge is -1.86. The van der Waals surface area contributed by atoms with Crippen LogP contribution in [0.3, 0.4) is 0 Å². The minimum atomic E-state index is -0.104. The molecule has 4 heteroatoms. The highest BCUT2D eigenvalue weighted by atomic mass is 32.1. The lowest BCUT2D eigenvalue weighted by molar-refractivity contribution is 0.222. The average Bonchev–Trinajstić information content (AvgIpc) is 2.14. The van der Waals surface area contributed by atoms with Crippen molar-refractivity contribution in [2.45, 2.75) is 6.73 Å². The number of aromatic nitrogens is 1. The minimum Gasteiger partial charge on any atom is -0.375 e. The fraction of sp³-hybridized carbons (Fsp3) is 0.250. The lowest BCUT2D eigenvalue weighted by Crippen LogP contribution is -1.88. The maximum absolute atomic E-state index is 10.3. The Hall–Kier alpha value is -0.610. The molecule has 0 radical (unpaired) electrons. The monoisotopic (exact) mass is 131 g/mol. The van der Waals surface area contributed by atoms with E-state index in [1.165, 1.54) is 10.0 Å². The van der Waals surface area contributed by atoms with E-state index in [4.69, 9.17) is 5.11 Å². The van der Waals surface area contributed by atoms with E-state index >= 15 is 0 Å². The zero-order valence-electron chi connectivity index (χ0n) is 4.07. The van der Waals surface area contributed by atoms with Gasteiger partial charge in [-0.2, -0.15) is 0 Å². The Morgan fingerprint density at radius 3 is 2.88 bits per heavy atom. The summed E-state index contributed by atoms with van der Waals surface area (Å²) in [4.78, 5) is 10.3. The van der Waals surface area contributed by atoms with Crippen LogP contribution in [0.2, 0.25) is 0 Å². The summed E-state index contributed by atoms with van der Waals surface area (Å²) in [6.07, 6.45) is 1.55. The molecule has 3 nitrogen and oxygen atoms in total. The molecule has 0 saturated carbocycles. The van der Waals surface area contributed by atoms with Crippen molar-refractivity contribution in [3.63, 3.8) is 0 Å². The number of rotatable bonds is 1. The average molecular weight is 131 g/mol. The van der Waals surface area contributed by atoms with Crippen molar-refractivity contribution in [2.75, 3.05) is 0 Å². The summed E-state index contributed by atoms with van der Waals surface area (Å²) in [6.45, 7) is -0.104. The summed E-state index contributed by atoms with van der Waals surface area (Å²) in [5.41, 5.74) is 0. The molecule has 1 N–H and O–H groups in total. The molecule has 1 rings (SSSR count). The van der Waals surface area contributed by atoms with Crippen molar-refractivity contribution in [1.29, 1.82) is 0 Å². The molecule has 0 fully saturated rings. The van der Waals surface area contributed by atoms with Gasteiger partial charge >= 0.3 is 0 Å². The molecule has 0 unspecified atom stereocenters. The number of hydrogen-bond donors (Lipinski definition) is 1. The Morgan fingerprint density at radius 2 is 2.62 bits per heavy atom. The van der Waals surface area contributed by atoms with E-state index in [1.54, 1.807) is 6.20 Å². The van der Waals surface area contributed by atoms with E-state index in [1.807, 2.05) is 0 Å². The molecule has 1 aromatic rings. The molecule has 0 bridgehead atoms. The highest BCUT2D eigenvalue weighted by Crippen LogP contribution is 1.87. The first-order chi connectivity index (χ1) is 3.83. The molecular formula is C4H5NO2S. The molecule has 0 saturated heterocycles. The van der Waals surface area contributed by atoms with Gasteiger partial charge in [0.25, 0.3) is 0 Å². The molecule has 44 valence electrons. The molecule has 0 aromatic carbocycles. The van der Waals surface area contributed by atoms with Gasteiger partial charge in [0.05, 0.1) is 0 Å². The highest BCUT2D eigenvalue weighted by molar-refractivity contribution is 7.03. The van der Waals surface area contributed by atoms with Crippen molar-refractivity contribution in [3.05, 3.63) is 21.8 Å². The molecule has 0 aliphatic heterocycles. The van der Waals surface area contributed by atoms with E-state index in [-0.39, 0.29) is 11.5 Å². The molecule has 0 spiro atoms. The molecule has 8 heavy (non-hydrogen) atoms. The van der Waals surface area contributed by atoms with Gasteiger partial charge in [-0.05, 0) is 11.5 Å². The van der Waals surface area contributed by atoms with Crippen LogP contribution in [-0.4, -0.2) is 9.06 Å². The van der Waals surface area contributed by atoms with E-state index in [2.05, 4.69) is 0 Å². The summed E-state index contributed by atoms with van der Waals surface area (Å²) in [5.74, 6) is 0. The Morgan fingerprint density at radius 1 is 1.88 bits per heavy atom. The Kier molecular flexibility index (Phi) is 1.45. The van der Waals surface area contributed by atoms with Crippen molar-refractivity contribution in [3.8, 4) is 0 Å². The second-order valence-electron chi connectivity index (χ2n) is 1.28. The molecule has 0 amide bonds. The number of nitrogens with zero attached hydrogens (tertiary/aromatic N) is 1. The summed E-state index contributed by atoms with van der Waals surface area (Å²) in [6, 6.07) is 1.42. The maximum atomic E-state index is 10.3. The van der Waals surface area contributed by atoms with Crippen molar-refractivity contribution in [2.24, 2.45) is 0 Å². The second kappa shape index (κ2) is 2.11. The Labute approximate surface area is 50.0 Å². The van der Waals surface area contributed by atoms with Gasteiger partial charge in [0.2, 0.25) is 4.74 Å². The van der Waals surface area contributed by atoms with Crippen molar-refractivity contribution in [1.82, 2.24) is 3.96 Å². The van der Waals surface area contributed by atoms with Gasteiger partial charge in [0, 0.05) is 12.3 Å². The zero-order chi connectivity index (χ0) is 5.98. The summed E-state index contributed by atoms with van der Waals surface area (Å²) < 4.78 is 1.42. The van der Waals surface area contributed by atoms with Gasteiger partial charge in [-0.1, -0.05) is 0 Å². The highest BCUT2D eigenvalue weighted by Gasteiger charge is 1.86. The number of hydrogen-bond acceptors (Lipinski definition) is 3. The maximum Gasteiger partial charge on any atom is 0.249 e. The van der Waals surface area contributed by atoms with Crippen LogP contribution in [0.15, 0.2) is 17.1 Å². The molecular weight excluding hydrogens is 126 g/mol. The molecule has 0 aliphatic carbocycles. The van der Waals surface area contributed by atoms with Crippen LogP contribution >= 0.6 is 11.5 Å². The normalized spacial score (nSPS) is 9.62. The second-order valence-corrected chi connectivity index (χ2v) is 2.34. The van der Waals surface area contributed by atoms with Crippen LogP contribution in [0.5, 0.6) is 0 Å². The Bertz CT molecular complexity index is 214. The summed E-state index contributed by atoms with van der Waals surface area (Å²) >= 11 is 0.999. The van der Waals surface area contributed by atoms with Gasteiger partial charge in [-0.25, -0.2) is 0 Å². The van der Waals surface area contributed by atoms with Crippen LogP contribution in [0.4, 0.5) is 0 Å². The smallest absolute Gasteiger partial charge is 0.249 e. The molecule has 0 atom stereocenters. The quantitative estimate of drug-likeness (QED) is 0.576. The van der Waals surface area contributed by atoms with Crippen LogP contribution < -0.4 is 4.74 Å². The predicted molar refractivity (Wildman–Crippen MR) is 30.8 cm³/mol. The third-order valence-corrected chi connectivity index (χ3v) is 1.51. The van der Waals surface area contributed by atoms with Crippen LogP contribution in [0, 0.1) is 0 Å². The molecule has 1 aromatic heterocycles. The number of aliphatic hydroxyl groups is 1. The van der Waals surface area contributed by atoms with Gasteiger partial charge in [0.1, 0.15) is 6.73 Å². The molecule has 1 heterocycles. The van der Waals surface area contributed by atoms with Crippen LogP contribution in [-0.2, 0) is 6.73 Å². The van der Waals surface area contributed by atoms with Gasteiger partial charge < -0.3 is 5.11 Å². The van der Waals surface area contributed by atoms with Gasteiger partial charge in [0.15, 0.2) is 0 Å².